The maximum atomic E-state index is 11.8. The highest BCUT2D eigenvalue weighted by atomic mass is 32.2. The Labute approximate surface area is 102 Å². The van der Waals surface area contributed by atoms with Crippen molar-refractivity contribution < 1.29 is 13.2 Å². The average Bonchev–Trinajstić information content (AvgIpc) is 2.93. The third-order valence-corrected chi connectivity index (χ3v) is 5.64. The van der Waals surface area contributed by atoms with E-state index < -0.39 is 9.84 Å². The molecule has 0 bridgehead atoms. The molecule has 0 aromatic heterocycles. The topological polar surface area (TPSA) is 89.3 Å². The van der Waals surface area contributed by atoms with Crippen LogP contribution >= 0.6 is 0 Å². The van der Waals surface area contributed by atoms with Crippen LogP contribution in [0.15, 0.2) is 0 Å². The molecule has 0 radical (unpaired) electrons. The van der Waals surface area contributed by atoms with Gasteiger partial charge in [0.2, 0.25) is 5.91 Å². The molecule has 17 heavy (non-hydrogen) atoms. The van der Waals surface area contributed by atoms with E-state index in [1.807, 2.05) is 0 Å². The molecule has 1 amide bonds. The smallest absolute Gasteiger partial charge is 0.224 e. The zero-order chi connectivity index (χ0) is 12.5. The number of hydrogen-bond acceptors (Lipinski definition) is 4. The van der Waals surface area contributed by atoms with E-state index >= 15 is 0 Å². The van der Waals surface area contributed by atoms with Crippen molar-refractivity contribution in [2.75, 3.05) is 24.6 Å². The lowest BCUT2D eigenvalue weighted by Crippen LogP contribution is -2.36. The predicted molar refractivity (Wildman–Crippen MR) is 65.1 cm³/mol. The predicted octanol–water partition coefficient (Wildman–Crippen LogP) is -0.334. The summed E-state index contributed by atoms with van der Waals surface area (Å²) >= 11 is 0. The highest BCUT2D eigenvalue weighted by Crippen LogP contribution is 2.47. The molecule has 0 aromatic carbocycles. The lowest BCUT2D eigenvalue weighted by atomic mass is 10.0. The van der Waals surface area contributed by atoms with Gasteiger partial charge in [0.15, 0.2) is 9.84 Å². The van der Waals surface area contributed by atoms with Gasteiger partial charge in [-0.15, -0.1) is 0 Å². The minimum absolute atomic E-state index is 0.0166. The van der Waals surface area contributed by atoms with Crippen molar-refractivity contribution in [3.8, 4) is 0 Å². The first kappa shape index (κ1) is 12.8. The van der Waals surface area contributed by atoms with Gasteiger partial charge in [0.05, 0.1) is 17.4 Å². The quantitative estimate of drug-likeness (QED) is 0.708. The summed E-state index contributed by atoms with van der Waals surface area (Å²) in [6.07, 6.45) is 3.65. The molecule has 1 heterocycles. The second-order valence-corrected chi connectivity index (χ2v) is 7.59. The van der Waals surface area contributed by atoms with Gasteiger partial charge >= 0.3 is 0 Å². The average molecular weight is 260 g/mol. The molecular formula is C11H20N2O3S. The van der Waals surface area contributed by atoms with E-state index in [1.54, 1.807) is 0 Å². The highest BCUT2D eigenvalue weighted by Gasteiger charge is 2.42. The molecule has 2 rings (SSSR count). The number of sulfone groups is 1. The number of hydrogen-bond donors (Lipinski definition) is 2. The lowest BCUT2D eigenvalue weighted by Gasteiger charge is -2.16. The van der Waals surface area contributed by atoms with Crippen LogP contribution in [0, 0.1) is 11.3 Å². The first-order valence-corrected chi connectivity index (χ1v) is 7.97. The van der Waals surface area contributed by atoms with Crippen LogP contribution in [0.1, 0.15) is 25.7 Å². The number of carbonyl (C=O) groups excluding carboxylic acids is 1. The summed E-state index contributed by atoms with van der Waals surface area (Å²) < 4.78 is 22.5. The van der Waals surface area contributed by atoms with Gasteiger partial charge in [-0.25, -0.2) is 8.42 Å². The second kappa shape index (κ2) is 4.57. The molecule has 1 aliphatic carbocycles. The second-order valence-electron chi connectivity index (χ2n) is 5.36. The summed E-state index contributed by atoms with van der Waals surface area (Å²) in [5.41, 5.74) is 5.74. The molecule has 3 N–H and O–H groups in total. The Balaban J connectivity index is 1.79. The maximum absolute atomic E-state index is 11.8. The molecule has 1 saturated carbocycles. The van der Waals surface area contributed by atoms with Crippen molar-refractivity contribution in [3.05, 3.63) is 0 Å². The number of amides is 1. The molecular weight excluding hydrogens is 240 g/mol. The van der Waals surface area contributed by atoms with Crippen LogP contribution in [0.25, 0.3) is 0 Å². The van der Waals surface area contributed by atoms with Gasteiger partial charge in [0.25, 0.3) is 0 Å². The van der Waals surface area contributed by atoms with Gasteiger partial charge in [-0.3, -0.25) is 4.79 Å². The van der Waals surface area contributed by atoms with Crippen molar-refractivity contribution in [1.82, 2.24) is 5.32 Å². The zero-order valence-corrected chi connectivity index (χ0v) is 10.8. The van der Waals surface area contributed by atoms with Crippen molar-refractivity contribution >= 4 is 15.7 Å². The van der Waals surface area contributed by atoms with E-state index in [0.29, 0.717) is 19.5 Å². The summed E-state index contributed by atoms with van der Waals surface area (Å²) in [6, 6.07) is 0. The molecule has 0 aromatic rings. The summed E-state index contributed by atoms with van der Waals surface area (Å²) in [5, 5.41) is 2.89. The number of rotatable bonds is 5. The summed E-state index contributed by atoms with van der Waals surface area (Å²) in [5.74, 6) is -0.273. The standard InChI is InChI=1S/C11H20N2O3S/c12-5-4-11(2-3-11)8-13-10(14)9-1-6-17(15,16)7-9/h9H,1-8,12H2,(H,13,14). The van der Waals surface area contributed by atoms with Crippen LogP contribution in [0.2, 0.25) is 0 Å². The van der Waals surface area contributed by atoms with Crippen molar-refractivity contribution in [3.63, 3.8) is 0 Å². The molecule has 1 aliphatic heterocycles. The van der Waals surface area contributed by atoms with E-state index in [9.17, 15) is 13.2 Å². The normalized spacial score (nSPS) is 28.9. The van der Waals surface area contributed by atoms with Crippen LogP contribution in [0.4, 0.5) is 0 Å². The van der Waals surface area contributed by atoms with Crippen LogP contribution in [0.5, 0.6) is 0 Å². The van der Waals surface area contributed by atoms with Crippen molar-refractivity contribution in [2.24, 2.45) is 17.1 Å². The Hall–Kier alpha value is -0.620. The van der Waals surface area contributed by atoms with Crippen molar-refractivity contribution in [1.29, 1.82) is 0 Å². The Bertz CT molecular complexity index is 401. The van der Waals surface area contributed by atoms with Gasteiger partial charge in [-0.05, 0) is 37.6 Å². The first-order valence-electron chi connectivity index (χ1n) is 6.15. The molecule has 5 nitrogen and oxygen atoms in total. The van der Waals surface area contributed by atoms with Gasteiger partial charge < -0.3 is 11.1 Å². The van der Waals surface area contributed by atoms with Gasteiger partial charge in [-0.1, -0.05) is 0 Å². The van der Waals surface area contributed by atoms with Crippen molar-refractivity contribution in [2.45, 2.75) is 25.7 Å². The fourth-order valence-electron chi connectivity index (χ4n) is 2.42. The Morgan fingerprint density at radius 1 is 1.41 bits per heavy atom. The van der Waals surface area contributed by atoms with Gasteiger partial charge in [-0.2, -0.15) is 0 Å². The summed E-state index contributed by atoms with van der Waals surface area (Å²) in [4.78, 5) is 11.8. The van der Waals surface area contributed by atoms with Crippen LogP contribution in [-0.4, -0.2) is 38.9 Å². The molecule has 6 heteroatoms. The molecule has 1 unspecified atom stereocenters. The third kappa shape index (κ3) is 3.19. The maximum Gasteiger partial charge on any atom is 0.224 e. The van der Waals surface area contributed by atoms with Crippen LogP contribution in [0.3, 0.4) is 0 Å². The van der Waals surface area contributed by atoms with E-state index in [0.717, 1.165) is 19.3 Å². The number of nitrogens with one attached hydrogen (secondary N) is 1. The van der Waals surface area contributed by atoms with E-state index in [1.165, 1.54) is 0 Å². The van der Waals surface area contributed by atoms with Crippen LogP contribution < -0.4 is 11.1 Å². The lowest BCUT2D eigenvalue weighted by molar-refractivity contribution is -0.124. The van der Waals surface area contributed by atoms with Crippen LogP contribution in [-0.2, 0) is 14.6 Å². The Morgan fingerprint density at radius 3 is 2.59 bits per heavy atom. The first-order chi connectivity index (χ1) is 7.96. The fourth-order valence-corrected chi connectivity index (χ4v) is 4.16. The Morgan fingerprint density at radius 2 is 2.12 bits per heavy atom. The highest BCUT2D eigenvalue weighted by molar-refractivity contribution is 7.91. The van der Waals surface area contributed by atoms with E-state index in [4.69, 9.17) is 5.73 Å². The zero-order valence-electron chi connectivity index (χ0n) is 9.94. The molecule has 2 aliphatic rings. The third-order valence-electron chi connectivity index (χ3n) is 3.87. The molecule has 98 valence electrons. The largest absolute Gasteiger partial charge is 0.355 e. The monoisotopic (exact) mass is 260 g/mol. The number of nitrogens with two attached hydrogens (primary N) is 1. The molecule has 0 spiro atoms. The minimum atomic E-state index is -2.97. The fraction of sp³-hybridized carbons (Fsp3) is 0.909. The minimum Gasteiger partial charge on any atom is -0.355 e. The van der Waals surface area contributed by atoms with E-state index in [2.05, 4.69) is 5.32 Å². The van der Waals surface area contributed by atoms with Gasteiger partial charge in [0.1, 0.15) is 0 Å². The molecule has 2 fully saturated rings. The SMILES string of the molecule is NCCC1(CNC(=O)C2CCS(=O)(=O)C2)CC1. The Kier molecular flexibility index (Phi) is 3.45. The summed E-state index contributed by atoms with van der Waals surface area (Å²) in [6.45, 7) is 1.30. The summed E-state index contributed by atoms with van der Waals surface area (Å²) in [7, 11) is -2.97. The number of carbonyl (C=O) groups is 1. The van der Waals surface area contributed by atoms with E-state index in [-0.39, 0.29) is 28.7 Å². The molecule has 1 atom stereocenters. The van der Waals surface area contributed by atoms with Gasteiger partial charge in [0, 0.05) is 6.54 Å². The molecule has 1 saturated heterocycles.